The number of piperidine rings is 1. The standard InChI is InChI=1S/C30H44FN7.C3H7NO/c1-5-36-12-10-24(11-13-36)37-14-16-38(17-15-37)25-19-33-30(34-20-25)35-29-28(31)27(22(4)18-32-29)26(21(2)3)23-8-6-7-9-23;1-4(2)3-5/h18-20,23-24H,5-17H2,1-4H3,(H,32,33,34,35);3H,1-2H3. The van der Waals surface area contributed by atoms with Crippen LogP contribution in [0.4, 0.5) is 21.8 Å². The average Bonchev–Trinajstić information content (AvgIpc) is 3.55. The fourth-order valence-electron chi connectivity index (χ4n) is 6.67. The number of nitrogens with one attached hydrogen (secondary N) is 1. The van der Waals surface area contributed by atoms with E-state index in [2.05, 4.69) is 55.7 Å². The fourth-order valence-corrected chi connectivity index (χ4v) is 6.67. The predicted molar refractivity (Wildman–Crippen MR) is 173 cm³/mol. The molecule has 3 fully saturated rings. The number of aryl methyl sites for hydroxylation is 1. The summed E-state index contributed by atoms with van der Waals surface area (Å²) in [6, 6.07) is 0.713. The predicted octanol–water partition coefficient (Wildman–Crippen LogP) is 5.36. The number of carbonyl (C=O) groups is 1. The Morgan fingerprint density at radius 2 is 1.58 bits per heavy atom. The van der Waals surface area contributed by atoms with Gasteiger partial charge in [-0.25, -0.2) is 19.3 Å². The third kappa shape index (κ3) is 8.50. The lowest BCUT2D eigenvalue weighted by Crippen LogP contribution is -2.53. The van der Waals surface area contributed by atoms with Crippen molar-refractivity contribution in [3.05, 3.63) is 41.1 Å². The van der Waals surface area contributed by atoms with E-state index in [9.17, 15) is 4.79 Å². The molecule has 236 valence electrons. The van der Waals surface area contributed by atoms with Crippen LogP contribution in [0.5, 0.6) is 0 Å². The normalized spacial score (nSPS) is 18.6. The highest BCUT2D eigenvalue weighted by Gasteiger charge is 2.28. The molecule has 0 aromatic carbocycles. The van der Waals surface area contributed by atoms with E-state index in [-0.39, 0.29) is 11.6 Å². The van der Waals surface area contributed by atoms with Gasteiger partial charge in [-0.15, -0.1) is 0 Å². The molecule has 2 saturated heterocycles. The van der Waals surface area contributed by atoms with Gasteiger partial charge in [0.15, 0.2) is 11.6 Å². The number of nitrogens with zero attached hydrogens (tertiary/aromatic N) is 7. The van der Waals surface area contributed by atoms with E-state index in [1.54, 1.807) is 20.3 Å². The maximum Gasteiger partial charge on any atom is 0.228 e. The Labute approximate surface area is 257 Å². The van der Waals surface area contributed by atoms with Crippen LogP contribution in [0.25, 0.3) is 5.57 Å². The lowest BCUT2D eigenvalue weighted by molar-refractivity contribution is -0.115. The summed E-state index contributed by atoms with van der Waals surface area (Å²) in [7, 11) is 3.38. The molecule has 3 aliphatic rings. The molecule has 1 saturated carbocycles. The van der Waals surface area contributed by atoms with E-state index in [0.29, 0.717) is 23.5 Å². The maximum atomic E-state index is 15.9. The zero-order valence-electron chi connectivity index (χ0n) is 27.1. The largest absolute Gasteiger partial charge is 0.366 e. The van der Waals surface area contributed by atoms with Gasteiger partial charge < -0.3 is 20.0 Å². The monoisotopic (exact) mass is 594 g/mol. The van der Waals surface area contributed by atoms with Crippen molar-refractivity contribution in [2.24, 2.45) is 5.92 Å². The zero-order chi connectivity index (χ0) is 30.9. The van der Waals surface area contributed by atoms with Gasteiger partial charge in [0, 0.05) is 58.1 Å². The Balaban J connectivity index is 0.000000782. The van der Waals surface area contributed by atoms with Gasteiger partial charge in [0.2, 0.25) is 12.4 Å². The summed E-state index contributed by atoms with van der Waals surface area (Å²) < 4.78 is 15.9. The van der Waals surface area contributed by atoms with E-state index in [0.717, 1.165) is 68.8 Å². The number of hydrogen-bond donors (Lipinski definition) is 1. The van der Waals surface area contributed by atoms with Crippen LogP contribution in [0.1, 0.15) is 70.4 Å². The summed E-state index contributed by atoms with van der Waals surface area (Å²) in [5.74, 6) is 0.680. The number of amides is 1. The topological polar surface area (TPSA) is 80.7 Å². The van der Waals surface area contributed by atoms with E-state index in [1.165, 1.54) is 49.2 Å². The van der Waals surface area contributed by atoms with E-state index in [1.807, 2.05) is 19.3 Å². The molecule has 0 unspecified atom stereocenters. The molecule has 10 heteroatoms. The van der Waals surface area contributed by atoms with Crippen molar-refractivity contribution in [2.45, 2.75) is 72.3 Å². The molecule has 2 aliphatic heterocycles. The number of likely N-dealkylation sites (tertiary alicyclic amines) is 1. The van der Waals surface area contributed by atoms with Crippen LogP contribution >= 0.6 is 0 Å². The molecular formula is C33H51FN8O. The summed E-state index contributed by atoms with van der Waals surface area (Å²) in [5, 5.41) is 3.05. The van der Waals surface area contributed by atoms with Crippen LogP contribution in [-0.2, 0) is 4.79 Å². The van der Waals surface area contributed by atoms with E-state index in [4.69, 9.17) is 0 Å². The number of aromatic nitrogens is 3. The van der Waals surface area contributed by atoms with Crippen molar-refractivity contribution >= 4 is 29.4 Å². The molecule has 1 N–H and O–H groups in total. The second-order valence-corrected chi connectivity index (χ2v) is 12.5. The van der Waals surface area contributed by atoms with Gasteiger partial charge in [0.1, 0.15) is 0 Å². The minimum Gasteiger partial charge on any atom is -0.366 e. The smallest absolute Gasteiger partial charge is 0.228 e. The minimum atomic E-state index is -0.304. The highest BCUT2D eigenvalue weighted by Crippen LogP contribution is 2.41. The number of pyridine rings is 1. The van der Waals surface area contributed by atoms with Crippen LogP contribution in [0, 0.1) is 18.7 Å². The lowest BCUT2D eigenvalue weighted by Gasteiger charge is -2.43. The molecule has 1 aliphatic carbocycles. The van der Waals surface area contributed by atoms with Gasteiger partial charge in [-0.1, -0.05) is 25.3 Å². The van der Waals surface area contributed by atoms with Crippen LogP contribution in [0.2, 0.25) is 0 Å². The van der Waals surface area contributed by atoms with Crippen LogP contribution in [0.3, 0.4) is 0 Å². The zero-order valence-corrected chi connectivity index (χ0v) is 27.1. The molecule has 0 atom stereocenters. The van der Waals surface area contributed by atoms with Crippen molar-refractivity contribution in [1.82, 2.24) is 29.7 Å². The number of halogens is 1. The third-order valence-corrected chi connectivity index (χ3v) is 9.06. The van der Waals surface area contributed by atoms with Crippen LogP contribution in [0.15, 0.2) is 24.2 Å². The molecular weight excluding hydrogens is 543 g/mol. The molecule has 0 radical (unpaired) electrons. The minimum absolute atomic E-state index is 0.192. The molecule has 2 aromatic heterocycles. The number of hydrogen-bond acceptors (Lipinski definition) is 8. The Morgan fingerprint density at radius 3 is 2.12 bits per heavy atom. The molecule has 1 amide bonds. The summed E-state index contributed by atoms with van der Waals surface area (Å²) in [4.78, 5) is 31.9. The summed E-state index contributed by atoms with van der Waals surface area (Å²) in [6.45, 7) is 16.1. The number of piperazine rings is 1. The summed E-state index contributed by atoms with van der Waals surface area (Å²) in [5.41, 5.74) is 4.92. The Bertz CT molecular complexity index is 1210. The van der Waals surface area contributed by atoms with Gasteiger partial charge in [-0.2, -0.15) is 0 Å². The van der Waals surface area contributed by atoms with Crippen molar-refractivity contribution in [3.63, 3.8) is 0 Å². The third-order valence-electron chi connectivity index (χ3n) is 9.06. The van der Waals surface area contributed by atoms with Gasteiger partial charge in [0.05, 0.1) is 18.1 Å². The summed E-state index contributed by atoms with van der Waals surface area (Å²) in [6.07, 6.45) is 13.4. The first-order valence-corrected chi connectivity index (χ1v) is 16.0. The molecule has 0 spiro atoms. The lowest BCUT2D eigenvalue weighted by atomic mass is 9.86. The van der Waals surface area contributed by atoms with Crippen LogP contribution < -0.4 is 10.2 Å². The molecule has 43 heavy (non-hydrogen) atoms. The number of allylic oxidation sites excluding steroid dienone is 2. The molecule has 0 bridgehead atoms. The fraction of sp³-hybridized carbons (Fsp3) is 0.636. The second-order valence-electron chi connectivity index (χ2n) is 12.5. The molecule has 9 nitrogen and oxygen atoms in total. The van der Waals surface area contributed by atoms with Gasteiger partial charge >= 0.3 is 0 Å². The van der Waals surface area contributed by atoms with Gasteiger partial charge in [0.25, 0.3) is 0 Å². The Kier molecular flexibility index (Phi) is 11.9. The van der Waals surface area contributed by atoms with Crippen LogP contribution in [-0.4, -0.2) is 102 Å². The summed E-state index contributed by atoms with van der Waals surface area (Å²) >= 11 is 0. The average molecular weight is 595 g/mol. The van der Waals surface area contributed by atoms with Crippen molar-refractivity contribution < 1.29 is 9.18 Å². The first-order valence-electron chi connectivity index (χ1n) is 16.0. The van der Waals surface area contributed by atoms with Gasteiger partial charge in [-0.3, -0.25) is 9.69 Å². The van der Waals surface area contributed by atoms with E-state index >= 15 is 4.39 Å². The quantitative estimate of drug-likeness (QED) is 0.410. The van der Waals surface area contributed by atoms with Crippen molar-refractivity contribution in [2.75, 3.05) is 70.1 Å². The number of anilines is 3. The first kappa shape index (κ1) is 32.8. The molecule has 2 aromatic rings. The SMILES string of the molecule is CCN1CCC(N2CCN(c3cnc(Nc4ncc(C)c(C(=C(C)C)C5CCCC5)c4F)nc3)CC2)CC1.CN(C)C=O. The van der Waals surface area contributed by atoms with Crippen molar-refractivity contribution in [1.29, 1.82) is 0 Å². The Hall–Kier alpha value is -3.11. The van der Waals surface area contributed by atoms with E-state index < -0.39 is 0 Å². The highest BCUT2D eigenvalue weighted by atomic mass is 19.1. The van der Waals surface area contributed by atoms with Gasteiger partial charge in [-0.05, 0) is 83.1 Å². The number of carbonyl (C=O) groups excluding carboxylic acids is 1. The first-order chi connectivity index (χ1) is 20.7. The number of rotatable bonds is 8. The molecule has 4 heterocycles. The maximum absolute atomic E-state index is 15.9. The Morgan fingerprint density at radius 1 is 0.977 bits per heavy atom. The van der Waals surface area contributed by atoms with Crippen molar-refractivity contribution in [3.8, 4) is 0 Å². The highest BCUT2D eigenvalue weighted by molar-refractivity contribution is 5.75. The second kappa shape index (κ2) is 15.6. The molecule has 5 rings (SSSR count).